The van der Waals surface area contributed by atoms with Crippen molar-refractivity contribution >= 4 is 65.7 Å². The van der Waals surface area contributed by atoms with E-state index in [1.165, 1.54) is 32.1 Å². The maximum atomic E-state index is 12.8. The molecule has 2 fully saturated rings. The van der Waals surface area contributed by atoms with E-state index in [0.29, 0.717) is 29.0 Å². The molecule has 0 aromatic rings. The van der Waals surface area contributed by atoms with Crippen molar-refractivity contribution in [3.63, 3.8) is 0 Å². The van der Waals surface area contributed by atoms with Gasteiger partial charge in [0.25, 0.3) is 0 Å². The second-order valence-electron chi connectivity index (χ2n) is 17.0. The van der Waals surface area contributed by atoms with Crippen LogP contribution in [-0.4, -0.2) is 19.0 Å². The second-order valence-corrected chi connectivity index (χ2v) is 52.4. The van der Waals surface area contributed by atoms with Gasteiger partial charge in [0.2, 0.25) is 0 Å². The summed E-state index contributed by atoms with van der Waals surface area (Å²) in [6, 6.07) is 0. The number of allylic oxidation sites excluding steroid dienone is 4. The van der Waals surface area contributed by atoms with Crippen molar-refractivity contribution in [1.29, 1.82) is 0 Å². The topological polar surface area (TPSA) is 26.3 Å². The molecule has 43 heavy (non-hydrogen) atoms. The van der Waals surface area contributed by atoms with Crippen LogP contribution < -0.4 is 0 Å². The first kappa shape index (κ1) is 39.1. The van der Waals surface area contributed by atoms with Crippen molar-refractivity contribution in [3.05, 3.63) is 35.5 Å². The predicted molar refractivity (Wildman–Crippen MR) is 208 cm³/mol. The molecule has 0 radical (unpaired) electrons. The van der Waals surface area contributed by atoms with Gasteiger partial charge in [-0.25, -0.2) is 0 Å². The standard InChI is InChI=1S/C37H60O2.3HI.V/c1-24(23-32(3,4)34(7,8)35(9,10)33(5,6)25(2)38)29-16-17-30-28-15-14-26-22-27(39-13)18-20-36(26,11)31(28)19-21-37(29,30)12;;;;/h14-15,18,20,24,27,29-31H,16-17,19,21-23H2,1-13H3;3*1H;/q;;;;+3/p-3/t24?,27?,29?,30?,31?,36-,37+;;;;/m0..../s1. The zero-order valence-corrected chi connectivity index (χ0v) is 37.2. The summed E-state index contributed by atoms with van der Waals surface area (Å²) in [4.78, 5) is 12.5. The number of halogens is 3. The van der Waals surface area contributed by atoms with Gasteiger partial charge in [0.05, 0.1) is 6.10 Å². The Hall–Kier alpha value is 1.62. The molecule has 0 amide bonds. The van der Waals surface area contributed by atoms with E-state index < -0.39 is 0 Å². The molecule has 0 N–H and O–H groups in total. The van der Waals surface area contributed by atoms with Gasteiger partial charge in [-0.1, -0.05) is 112 Å². The van der Waals surface area contributed by atoms with Gasteiger partial charge >= 0.3 is 64.9 Å². The number of Topliss-reactive ketones (excluding diaryl/α,β-unsaturated/α-hetero) is 1. The van der Waals surface area contributed by atoms with Gasteiger partial charge in [-0.15, -0.1) is 0 Å². The average molecular weight is 969 g/mol. The molecule has 246 valence electrons. The van der Waals surface area contributed by atoms with Gasteiger partial charge in [0.15, 0.2) is 0 Å². The van der Waals surface area contributed by atoms with E-state index in [2.05, 4.69) is 160 Å². The number of ketones is 1. The Balaban J connectivity index is 0.00000119. The fourth-order valence-electron chi connectivity index (χ4n) is 9.98. The molecular weight excluding hydrogens is 908 g/mol. The van der Waals surface area contributed by atoms with Crippen LogP contribution in [0.5, 0.6) is 0 Å². The molecule has 5 unspecified atom stereocenters. The van der Waals surface area contributed by atoms with Gasteiger partial charge in [0, 0.05) is 17.9 Å². The Labute approximate surface area is 303 Å². The summed E-state index contributed by atoms with van der Waals surface area (Å²) in [5.74, 6) is 3.05. The van der Waals surface area contributed by atoms with Crippen LogP contribution in [0.2, 0.25) is 0 Å². The molecule has 0 aliphatic heterocycles. The summed E-state index contributed by atoms with van der Waals surface area (Å²) >= 11 is 7.39. The molecule has 0 bridgehead atoms. The fourth-order valence-corrected chi connectivity index (χ4v) is 9.98. The molecule has 4 aliphatic carbocycles. The van der Waals surface area contributed by atoms with Crippen LogP contribution in [0, 0.1) is 56.2 Å². The molecule has 2 saturated carbocycles. The van der Waals surface area contributed by atoms with Gasteiger partial charge < -0.3 is 4.74 Å². The summed E-state index contributed by atoms with van der Waals surface area (Å²) in [5.41, 5.74) is 3.45. The van der Waals surface area contributed by atoms with Crippen molar-refractivity contribution < 1.29 is 14.5 Å². The quantitative estimate of drug-likeness (QED) is 0.179. The van der Waals surface area contributed by atoms with Crippen LogP contribution in [-0.2, 0) is 14.5 Å². The summed E-state index contributed by atoms with van der Waals surface area (Å²) in [6.45, 7) is 28.3. The third-order valence-corrected chi connectivity index (χ3v) is 14.7. The molecule has 0 aromatic heterocycles. The molecule has 6 heteroatoms. The number of ether oxygens (including phenoxy) is 1. The summed E-state index contributed by atoms with van der Waals surface area (Å²) < 4.78 is 5.70. The van der Waals surface area contributed by atoms with Gasteiger partial charge in [-0.2, -0.15) is 0 Å². The first-order valence-electron chi connectivity index (χ1n) is 16.4. The number of fused-ring (bicyclic) bond motifs is 5. The number of rotatable bonds is 8. The first-order chi connectivity index (χ1) is 19.5. The Bertz CT molecular complexity index is 1130. The Morgan fingerprint density at radius 2 is 1.56 bits per heavy atom. The Morgan fingerprint density at radius 3 is 2.09 bits per heavy atom. The number of carbonyl (C=O) groups is 1. The zero-order chi connectivity index (χ0) is 33.0. The fraction of sp³-hybridized carbons (Fsp3) is 0.811. The molecule has 4 rings (SSSR count). The van der Waals surface area contributed by atoms with E-state index in [1.54, 1.807) is 18.1 Å². The Kier molecular flexibility index (Phi) is 12.6. The van der Waals surface area contributed by atoms with Gasteiger partial charge in [-0.05, 0) is 90.8 Å². The summed E-state index contributed by atoms with van der Waals surface area (Å²) in [5, 5.41) is 0. The molecule has 7 atom stereocenters. The summed E-state index contributed by atoms with van der Waals surface area (Å²) in [6.07, 6.45) is 17.6. The minimum atomic E-state index is -0.368. The zero-order valence-electron chi connectivity index (χ0n) is 29.3. The van der Waals surface area contributed by atoms with Crippen molar-refractivity contribution in [3.8, 4) is 0 Å². The molecule has 2 nitrogen and oxygen atoms in total. The number of methoxy groups -OCH3 is 1. The van der Waals surface area contributed by atoms with Crippen molar-refractivity contribution in [1.82, 2.24) is 0 Å². The van der Waals surface area contributed by atoms with E-state index in [4.69, 9.17) is 4.74 Å². The van der Waals surface area contributed by atoms with E-state index in [0.717, 1.165) is 12.3 Å². The van der Waals surface area contributed by atoms with Crippen molar-refractivity contribution in [2.24, 2.45) is 56.2 Å². The van der Waals surface area contributed by atoms with Crippen LogP contribution in [0.25, 0.3) is 0 Å². The third kappa shape index (κ3) is 7.04. The van der Waals surface area contributed by atoms with Gasteiger partial charge in [0.1, 0.15) is 5.78 Å². The number of hydrogen-bond acceptors (Lipinski definition) is 2. The summed E-state index contributed by atoms with van der Waals surface area (Å²) in [7, 11) is 1.84. The maximum absolute atomic E-state index is 12.8. The Morgan fingerprint density at radius 1 is 0.977 bits per heavy atom. The molecule has 0 saturated heterocycles. The van der Waals surface area contributed by atoms with Crippen molar-refractivity contribution in [2.45, 2.75) is 128 Å². The van der Waals surface area contributed by atoms with Crippen LogP contribution in [0.15, 0.2) is 35.5 Å². The van der Waals surface area contributed by atoms with Crippen LogP contribution in [0.4, 0.5) is 0 Å². The molecule has 0 aromatic carbocycles. The average Bonchev–Trinajstić information content (AvgIpc) is 3.24. The first-order valence-corrected chi connectivity index (χ1v) is 29.9. The molecule has 0 heterocycles. The van der Waals surface area contributed by atoms with E-state index in [1.807, 2.05) is 7.11 Å². The van der Waals surface area contributed by atoms with Crippen LogP contribution in [0.1, 0.15) is 122 Å². The van der Waals surface area contributed by atoms with E-state index >= 15 is 0 Å². The van der Waals surface area contributed by atoms with Crippen molar-refractivity contribution in [2.75, 3.05) is 7.11 Å². The second kappa shape index (κ2) is 13.9. The minimum absolute atomic E-state index is 0.00490. The predicted octanol–water partition coefficient (Wildman–Crippen LogP) is 12.7. The van der Waals surface area contributed by atoms with E-state index in [-0.39, 0.29) is 38.1 Å². The monoisotopic (exact) mass is 968 g/mol. The van der Waals surface area contributed by atoms with Crippen LogP contribution in [0.3, 0.4) is 0 Å². The SMILES string of the molecule is COC1C=C[C@@]2(C)C(=CC=C3C4CCC(C(C)CC(C)(C)C(C)(C)C(C)(C)C(C)(C)C(C)=O)[C@@]4(C)CCC32)C1.[I][V]([I])[I]. The molecule has 0 spiro atoms. The van der Waals surface area contributed by atoms with E-state index in [9.17, 15) is 4.79 Å². The molecule has 4 aliphatic rings. The molecular formula is C37H60I3O2V. The number of carbonyl (C=O) groups excluding carboxylic acids is 1. The van der Waals surface area contributed by atoms with Gasteiger partial charge in [-0.3, -0.25) is 4.79 Å². The number of hydrogen-bond donors (Lipinski definition) is 0. The van der Waals surface area contributed by atoms with Crippen LogP contribution >= 0.6 is 59.9 Å². The third-order valence-electron chi connectivity index (χ3n) is 14.7. The normalized spacial score (nSPS) is 33.4.